The third-order valence-electron chi connectivity index (χ3n) is 3.84. The van der Waals surface area contributed by atoms with E-state index in [2.05, 4.69) is 24.5 Å². The van der Waals surface area contributed by atoms with E-state index in [1.807, 2.05) is 12.1 Å². The van der Waals surface area contributed by atoms with Crippen LogP contribution >= 0.6 is 0 Å². The first kappa shape index (κ1) is 19.2. The number of urea groups is 1. The molecule has 0 aliphatic rings. The largest absolute Gasteiger partial charge is 0.444 e. The van der Waals surface area contributed by atoms with Gasteiger partial charge in [-0.15, -0.1) is 0 Å². The summed E-state index contributed by atoms with van der Waals surface area (Å²) in [6.45, 7) is 4.11. The highest BCUT2D eigenvalue weighted by molar-refractivity contribution is 5.99. The minimum absolute atomic E-state index is 0.336. The summed E-state index contributed by atoms with van der Waals surface area (Å²) in [5.74, 6) is -1.01. The van der Waals surface area contributed by atoms with E-state index in [0.29, 0.717) is 17.0 Å². The number of hydrogen-bond acceptors (Lipinski definition) is 4. The van der Waals surface area contributed by atoms with Crippen LogP contribution in [0.4, 0.5) is 4.79 Å². The number of esters is 1. The van der Waals surface area contributed by atoms with Crippen LogP contribution in [0.15, 0.2) is 54.6 Å². The Bertz CT molecular complexity index is 770. The zero-order valence-corrected chi connectivity index (χ0v) is 15.0. The molecule has 0 fully saturated rings. The topological polar surface area (TPSA) is 84.5 Å². The van der Waals surface area contributed by atoms with Gasteiger partial charge in [-0.25, -0.2) is 9.59 Å². The van der Waals surface area contributed by atoms with Crippen molar-refractivity contribution in [3.63, 3.8) is 0 Å². The Labute approximate surface area is 152 Å². The van der Waals surface area contributed by atoms with Crippen molar-refractivity contribution in [2.45, 2.75) is 25.9 Å². The summed E-state index contributed by atoms with van der Waals surface area (Å²) in [7, 11) is 1.39. The quantitative estimate of drug-likeness (QED) is 0.808. The summed E-state index contributed by atoms with van der Waals surface area (Å²) in [5, 5.41) is 4.44. The van der Waals surface area contributed by atoms with Crippen LogP contribution in [0.5, 0.6) is 0 Å². The normalized spacial score (nSPS) is 11.5. The number of hydrogen-bond donors (Lipinski definition) is 2. The molecule has 0 aromatic heterocycles. The number of carbonyl (C=O) groups excluding carboxylic acids is 3. The van der Waals surface area contributed by atoms with E-state index in [0.717, 1.165) is 5.56 Å². The highest BCUT2D eigenvalue weighted by atomic mass is 16.5. The van der Waals surface area contributed by atoms with Crippen LogP contribution in [-0.4, -0.2) is 25.0 Å². The fourth-order valence-electron chi connectivity index (χ4n) is 2.32. The van der Waals surface area contributed by atoms with Gasteiger partial charge >= 0.3 is 12.0 Å². The Hall–Kier alpha value is -3.15. The zero-order chi connectivity index (χ0) is 19.1. The van der Waals surface area contributed by atoms with Crippen molar-refractivity contribution >= 4 is 17.9 Å². The molecule has 0 aliphatic heterocycles. The third-order valence-corrected chi connectivity index (χ3v) is 3.84. The second kappa shape index (κ2) is 8.80. The number of carbonyl (C=O) groups is 3. The van der Waals surface area contributed by atoms with E-state index in [4.69, 9.17) is 4.74 Å². The van der Waals surface area contributed by atoms with Gasteiger partial charge in [-0.05, 0) is 23.6 Å². The molecule has 1 atom stereocenters. The lowest BCUT2D eigenvalue weighted by Crippen LogP contribution is -2.41. The Morgan fingerprint density at radius 1 is 0.885 bits per heavy atom. The number of nitrogens with one attached hydrogen (secondary N) is 2. The SMILES string of the molecule is CNC(=O)NC(=O)[C@@H](OC(=O)c1ccc(C(C)C)cc1)c1ccccc1. The lowest BCUT2D eigenvalue weighted by molar-refractivity contribution is -0.129. The Kier molecular flexibility index (Phi) is 6.49. The van der Waals surface area contributed by atoms with Crippen LogP contribution < -0.4 is 10.6 Å². The monoisotopic (exact) mass is 354 g/mol. The van der Waals surface area contributed by atoms with E-state index in [1.54, 1.807) is 42.5 Å². The van der Waals surface area contributed by atoms with Crippen molar-refractivity contribution in [3.8, 4) is 0 Å². The van der Waals surface area contributed by atoms with Crippen LogP contribution in [0, 0.1) is 0 Å². The maximum atomic E-state index is 12.5. The van der Waals surface area contributed by atoms with Gasteiger partial charge in [0.15, 0.2) is 0 Å². The van der Waals surface area contributed by atoms with Crippen LogP contribution in [0.1, 0.15) is 47.4 Å². The summed E-state index contributed by atoms with van der Waals surface area (Å²) in [4.78, 5) is 36.3. The van der Waals surface area contributed by atoms with Gasteiger partial charge in [0.25, 0.3) is 5.91 Å². The molecule has 0 saturated carbocycles. The van der Waals surface area contributed by atoms with Crippen LogP contribution in [0.25, 0.3) is 0 Å². The Balaban J connectivity index is 2.21. The summed E-state index contributed by atoms with van der Waals surface area (Å²) in [6.07, 6.45) is -1.23. The molecule has 0 spiro atoms. The molecule has 2 N–H and O–H groups in total. The zero-order valence-electron chi connectivity index (χ0n) is 15.0. The van der Waals surface area contributed by atoms with Gasteiger partial charge in [-0.1, -0.05) is 56.3 Å². The number of benzene rings is 2. The second-order valence-corrected chi connectivity index (χ2v) is 6.04. The molecule has 0 unspecified atom stereocenters. The fraction of sp³-hybridized carbons (Fsp3) is 0.250. The second-order valence-electron chi connectivity index (χ2n) is 6.04. The number of imide groups is 1. The van der Waals surface area contributed by atoms with Gasteiger partial charge in [0.05, 0.1) is 5.56 Å². The first-order chi connectivity index (χ1) is 12.4. The molecule has 0 saturated heterocycles. The van der Waals surface area contributed by atoms with E-state index in [-0.39, 0.29) is 0 Å². The molecule has 136 valence electrons. The fourth-order valence-corrected chi connectivity index (χ4v) is 2.32. The van der Waals surface area contributed by atoms with Crippen molar-refractivity contribution in [2.75, 3.05) is 7.05 Å². The van der Waals surface area contributed by atoms with Gasteiger partial charge in [0.2, 0.25) is 6.10 Å². The molecule has 0 aliphatic carbocycles. The summed E-state index contributed by atoms with van der Waals surface area (Å²) in [5.41, 5.74) is 1.91. The van der Waals surface area contributed by atoms with Crippen LogP contribution in [-0.2, 0) is 9.53 Å². The lowest BCUT2D eigenvalue weighted by Gasteiger charge is -2.17. The molecule has 6 nitrogen and oxygen atoms in total. The molecule has 2 aromatic carbocycles. The minimum Gasteiger partial charge on any atom is -0.444 e. The van der Waals surface area contributed by atoms with E-state index in [9.17, 15) is 14.4 Å². The number of rotatable bonds is 5. The van der Waals surface area contributed by atoms with E-state index in [1.165, 1.54) is 7.05 Å². The highest BCUT2D eigenvalue weighted by Crippen LogP contribution is 2.21. The average Bonchev–Trinajstić information content (AvgIpc) is 2.66. The van der Waals surface area contributed by atoms with Crippen LogP contribution in [0.2, 0.25) is 0 Å². The molecule has 26 heavy (non-hydrogen) atoms. The van der Waals surface area contributed by atoms with Gasteiger partial charge in [-0.3, -0.25) is 10.1 Å². The molecule has 0 heterocycles. The lowest BCUT2D eigenvalue weighted by atomic mass is 10.0. The predicted molar refractivity (Wildman–Crippen MR) is 97.7 cm³/mol. The molecule has 3 amide bonds. The number of ether oxygens (including phenoxy) is 1. The van der Waals surface area contributed by atoms with Gasteiger partial charge in [0, 0.05) is 12.6 Å². The molecular formula is C20H22N2O4. The van der Waals surface area contributed by atoms with Crippen molar-refractivity contribution < 1.29 is 19.1 Å². The molecule has 6 heteroatoms. The molecule has 2 rings (SSSR count). The maximum absolute atomic E-state index is 12.5. The van der Waals surface area contributed by atoms with Gasteiger partial charge < -0.3 is 10.1 Å². The predicted octanol–water partition coefficient (Wildman–Crippen LogP) is 3.16. The smallest absolute Gasteiger partial charge is 0.339 e. The standard InChI is InChI=1S/C20H22N2O4/c1-13(2)14-9-11-16(12-10-14)19(24)26-17(15-7-5-4-6-8-15)18(23)22-20(25)21-3/h4-13,17H,1-3H3,(H2,21,22,23,25)/t17-/m0/s1. The maximum Gasteiger partial charge on any atom is 0.339 e. The third kappa shape index (κ3) is 4.92. The van der Waals surface area contributed by atoms with Crippen LogP contribution in [0.3, 0.4) is 0 Å². The number of amides is 3. The molecule has 0 bridgehead atoms. The molecular weight excluding hydrogens is 332 g/mol. The van der Waals surface area contributed by atoms with Crippen molar-refractivity contribution in [1.29, 1.82) is 0 Å². The minimum atomic E-state index is -1.23. The highest BCUT2D eigenvalue weighted by Gasteiger charge is 2.26. The first-order valence-electron chi connectivity index (χ1n) is 8.30. The van der Waals surface area contributed by atoms with Gasteiger partial charge in [-0.2, -0.15) is 0 Å². The summed E-state index contributed by atoms with van der Waals surface area (Å²) in [6, 6.07) is 14.9. The van der Waals surface area contributed by atoms with Crippen molar-refractivity contribution in [3.05, 3.63) is 71.3 Å². The Morgan fingerprint density at radius 2 is 1.50 bits per heavy atom. The van der Waals surface area contributed by atoms with Crippen molar-refractivity contribution in [1.82, 2.24) is 10.6 Å². The molecule has 2 aromatic rings. The Morgan fingerprint density at radius 3 is 2.04 bits per heavy atom. The van der Waals surface area contributed by atoms with Crippen molar-refractivity contribution in [2.24, 2.45) is 0 Å². The summed E-state index contributed by atoms with van der Waals surface area (Å²) >= 11 is 0. The van der Waals surface area contributed by atoms with E-state index < -0.39 is 24.0 Å². The average molecular weight is 354 g/mol. The summed E-state index contributed by atoms with van der Waals surface area (Å²) < 4.78 is 5.40. The van der Waals surface area contributed by atoms with Gasteiger partial charge in [0.1, 0.15) is 0 Å². The first-order valence-corrected chi connectivity index (χ1v) is 8.30. The molecule has 0 radical (unpaired) electrons. The van der Waals surface area contributed by atoms with E-state index >= 15 is 0 Å².